The van der Waals surface area contributed by atoms with Gasteiger partial charge in [0.05, 0.1) is 5.69 Å². The van der Waals surface area contributed by atoms with Crippen LogP contribution in [0.25, 0.3) is 0 Å². The Morgan fingerprint density at radius 3 is 2.56 bits per heavy atom. The van der Waals surface area contributed by atoms with Gasteiger partial charge in [0.15, 0.2) is 6.61 Å². The largest absolute Gasteiger partial charge is 0.482 e. The van der Waals surface area contributed by atoms with E-state index < -0.39 is 0 Å². The summed E-state index contributed by atoms with van der Waals surface area (Å²) in [6, 6.07) is 4.97. The minimum absolute atomic E-state index is 0.0784. The van der Waals surface area contributed by atoms with Gasteiger partial charge in [-0.1, -0.05) is 18.2 Å². The first kappa shape index (κ1) is 17.3. The molecule has 0 aromatic heterocycles. The molecule has 1 aromatic carbocycles. The molecule has 0 unspecified atom stereocenters. The van der Waals surface area contributed by atoms with Crippen LogP contribution < -0.4 is 9.64 Å². The molecule has 0 spiro atoms. The Hall–Kier alpha value is -2.54. The van der Waals surface area contributed by atoms with E-state index in [9.17, 15) is 14.4 Å². The number of benzene rings is 1. The molecule has 3 amide bonds. The van der Waals surface area contributed by atoms with E-state index in [1.165, 1.54) is 11.0 Å². The molecule has 2 heterocycles. The summed E-state index contributed by atoms with van der Waals surface area (Å²) in [5.41, 5.74) is 0.498. The summed E-state index contributed by atoms with van der Waals surface area (Å²) in [6.45, 7) is 5.05. The fourth-order valence-corrected chi connectivity index (χ4v) is 3.06. The third kappa shape index (κ3) is 3.61. The van der Waals surface area contributed by atoms with E-state index in [-0.39, 0.29) is 30.9 Å². The molecule has 1 saturated heterocycles. The first-order valence-electron chi connectivity index (χ1n) is 7.91. The number of hydrogen-bond acceptors (Lipinski definition) is 4. The molecule has 2 aliphatic rings. The maximum absolute atomic E-state index is 12.6. The van der Waals surface area contributed by atoms with Crippen LogP contribution in [0.5, 0.6) is 5.75 Å². The number of piperazine rings is 1. The van der Waals surface area contributed by atoms with Crippen LogP contribution in [0, 0.1) is 0 Å². The predicted molar refractivity (Wildman–Crippen MR) is 92.7 cm³/mol. The average Bonchev–Trinajstić information content (AvgIpc) is 2.63. The Bertz CT molecular complexity index is 729. The standard InChI is InChI=1S/C17H18ClN3O4/c1-2-15(22)19-5-7-20(8-6-19)16(23)10-21-13-9-12(18)3-4-14(13)25-11-17(21)24/h2-4,9H,1,5-8,10-11H2. The highest BCUT2D eigenvalue weighted by molar-refractivity contribution is 6.31. The van der Waals surface area contributed by atoms with Crippen molar-refractivity contribution >= 4 is 35.0 Å². The second-order valence-corrected chi connectivity index (χ2v) is 6.23. The lowest BCUT2D eigenvalue weighted by atomic mass is 10.2. The smallest absolute Gasteiger partial charge is 0.265 e. The van der Waals surface area contributed by atoms with Gasteiger partial charge in [-0.15, -0.1) is 0 Å². The van der Waals surface area contributed by atoms with Crippen molar-refractivity contribution < 1.29 is 19.1 Å². The molecule has 0 atom stereocenters. The number of carbonyl (C=O) groups excluding carboxylic acids is 3. The van der Waals surface area contributed by atoms with Crippen LogP contribution in [0.4, 0.5) is 5.69 Å². The summed E-state index contributed by atoms with van der Waals surface area (Å²) >= 11 is 6.00. The molecule has 0 bridgehead atoms. The highest BCUT2D eigenvalue weighted by Crippen LogP contribution is 2.34. The monoisotopic (exact) mass is 363 g/mol. The highest BCUT2D eigenvalue weighted by Gasteiger charge is 2.30. The zero-order chi connectivity index (χ0) is 18.0. The van der Waals surface area contributed by atoms with Gasteiger partial charge in [0.25, 0.3) is 5.91 Å². The van der Waals surface area contributed by atoms with Gasteiger partial charge in [0, 0.05) is 31.2 Å². The van der Waals surface area contributed by atoms with Crippen LogP contribution in [0.15, 0.2) is 30.9 Å². The van der Waals surface area contributed by atoms with Gasteiger partial charge in [-0.2, -0.15) is 0 Å². The predicted octanol–water partition coefficient (Wildman–Crippen LogP) is 0.922. The zero-order valence-electron chi connectivity index (χ0n) is 13.6. The normalized spacial score (nSPS) is 17.0. The van der Waals surface area contributed by atoms with E-state index in [0.29, 0.717) is 42.6 Å². The van der Waals surface area contributed by atoms with Gasteiger partial charge in [0.1, 0.15) is 12.3 Å². The lowest BCUT2D eigenvalue weighted by Crippen LogP contribution is -2.53. The summed E-state index contributed by atoms with van der Waals surface area (Å²) in [5, 5.41) is 0.464. The summed E-state index contributed by atoms with van der Waals surface area (Å²) in [7, 11) is 0. The number of fused-ring (bicyclic) bond motifs is 1. The summed E-state index contributed by atoms with van der Waals surface area (Å²) in [4.78, 5) is 41.1. The third-order valence-corrected chi connectivity index (χ3v) is 4.51. The first-order valence-corrected chi connectivity index (χ1v) is 8.29. The second-order valence-electron chi connectivity index (χ2n) is 5.79. The maximum atomic E-state index is 12.6. The van der Waals surface area contributed by atoms with E-state index in [1.54, 1.807) is 28.0 Å². The topological polar surface area (TPSA) is 70.2 Å². The zero-order valence-corrected chi connectivity index (χ0v) is 14.4. The minimum atomic E-state index is -0.288. The van der Waals surface area contributed by atoms with Gasteiger partial charge in [-0.3, -0.25) is 19.3 Å². The molecule has 1 fully saturated rings. The lowest BCUT2D eigenvalue weighted by Gasteiger charge is -2.36. The number of halogens is 1. The molecule has 0 aliphatic carbocycles. The number of hydrogen-bond donors (Lipinski definition) is 0. The SMILES string of the molecule is C=CC(=O)N1CCN(C(=O)CN2C(=O)COc3ccc(Cl)cc32)CC1. The van der Waals surface area contributed by atoms with Crippen molar-refractivity contribution in [2.45, 2.75) is 0 Å². The molecular formula is C17H18ClN3O4. The van der Waals surface area contributed by atoms with Crippen molar-refractivity contribution in [2.24, 2.45) is 0 Å². The molecular weight excluding hydrogens is 346 g/mol. The number of ether oxygens (including phenoxy) is 1. The van der Waals surface area contributed by atoms with E-state index >= 15 is 0 Å². The van der Waals surface area contributed by atoms with E-state index in [0.717, 1.165) is 0 Å². The Morgan fingerprint density at radius 2 is 1.88 bits per heavy atom. The van der Waals surface area contributed by atoms with Gasteiger partial charge in [-0.05, 0) is 24.3 Å². The molecule has 0 N–H and O–H groups in total. The Balaban J connectivity index is 1.68. The van der Waals surface area contributed by atoms with Gasteiger partial charge >= 0.3 is 0 Å². The van der Waals surface area contributed by atoms with Crippen LogP contribution in [-0.4, -0.2) is 66.9 Å². The Labute approximate surface area is 150 Å². The van der Waals surface area contributed by atoms with Crippen molar-refractivity contribution in [1.82, 2.24) is 9.80 Å². The molecule has 8 heteroatoms. The van der Waals surface area contributed by atoms with Gasteiger partial charge in [-0.25, -0.2) is 0 Å². The highest BCUT2D eigenvalue weighted by atomic mass is 35.5. The third-order valence-electron chi connectivity index (χ3n) is 4.28. The number of rotatable bonds is 3. The van der Waals surface area contributed by atoms with Crippen molar-refractivity contribution in [3.05, 3.63) is 35.9 Å². The van der Waals surface area contributed by atoms with Crippen molar-refractivity contribution in [2.75, 3.05) is 44.2 Å². The molecule has 0 saturated carbocycles. The van der Waals surface area contributed by atoms with E-state index in [1.807, 2.05) is 0 Å². The number of anilines is 1. The van der Waals surface area contributed by atoms with Crippen molar-refractivity contribution in [1.29, 1.82) is 0 Å². The molecule has 3 rings (SSSR count). The summed E-state index contributed by atoms with van der Waals surface area (Å²) in [6.07, 6.45) is 1.27. The van der Waals surface area contributed by atoms with E-state index in [4.69, 9.17) is 16.3 Å². The molecule has 132 valence electrons. The number of nitrogens with zero attached hydrogens (tertiary/aromatic N) is 3. The average molecular weight is 364 g/mol. The van der Waals surface area contributed by atoms with Gasteiger partial charge in [0.2, 0.25) is 11.8 Å². The van der Waals surface area contributed by atoms with Crippen LogP contribution in [0.1, 0.15) is 0 Å². The second kappa shape index (κ2) is 7.14. The van der Waals surface area contributed by atoms with Crippen LogP contribution >= 0.6 is 11.6 Å². The Morgan fingerprint density at radius 1 is 1.20 bits per heavy atom. The molecule has 0 radical (unpaired) electrons. The fraction of sp³-hybridized carbons (Fsp3) is 0.353. The number of amides is 3. The molecule has 1 aromatic rings. The van der Waals surface area contributed by atoms with Crippen molar-refractivity contribution in [3.63, 3.8) is 0 Å². The minimum Gasteiger partial charge on any atom is -0.482 e. The quantitative estimate of drug-likeness (QED) is 0.749. The van der Waals surface area contributed by atoms with Gasteiger partial charge < -0.3 is 14.5 Å². The van der Waals surface area contributed by atoms with E-state index in [2.05, 4.69) is 6.58 Å². The fourth-order valence-electron chi connectivity index (χ4n) is 2.89. The molecule has 7 nitrogen and oxygen atoms in total. The Kier molecular flexibility index (Phi) is 4.94. The van der Waals surface area contributed by atoms with Crippen LogP contribution in [0.3, 0.4) is 0 Å². The van der Waals surface area contributed by atoms with Crippen LogP contribution in [-0.2, 0) is 14.4 Å². The summed E-state index contributed by atoms with van der Waals surface area (Å²) in [5.74, 6) is -0.0762. The van der Waals surface area contributed by atoms with Crippen LogP contribution in [0.2, 0.25) is 5.02 Å². The summed E-state index contributed by atoms with van der Waals surface area (Å²) < 4.78 is 5.37. The number of carbonyl (C=O) groups is 3. The molecule has 2 aliphatic heterocycles. The molecule has 25 heavy (non-hydrogen) atoms. The first-order chi connectivity index (χ1) is 12.0. The maximum Gasteiger partial charge on any atom is 0.265 e. The lowest BCUT2D eigenvalue weighted by molar-refractivity contribution is -0.137. The van der Waals surface area contributed by atoms with Crippen molar-refractivity contribution in [3.8, 4) is 5.75 Å².